The standard InChI is InChI=1S/C19H12BrN3O2S/c20-13-6-4-11(5-7-13)15-9-26-18-16(15)17(21-10-22-18)23-14-3-1-2-12(8-14)19(24)25/h1-10H,(H,24,25)(H,21,22,23). The second-order valence-corrected chi connectivity index (χ2v) is 7.34. The van der Waals surface area contributed by atoms with Gasteiger partial charge in [0.25, 0.3) is 0 Å². The Kier molecular flexibility index (Phi) is 4.40. The van der Waals surface area contributed by atoms with Gasteiger partial charge in [0.1, 0.15) is 17.0 Å². The van der Waals surface area contributed by atoms with Crippen LogP contribution in [0, 0.1) is 0 Å². The predicted octanol–water partition coefficient (Wildman–Crippen LogP) is 5.56. The van der Waals surface area contributed by atoms with Crippen molar-refractivity contribution in [2.24, 2.45) is 0 Å². The molecule has 2 aromatic heterocycles. The van der Waals surface area contributed by atoms with Gasteiger partial charge in [0.05, 0.1) is 10.9 Å². The van der Waals surface area contributed by atoms with Crippen LogP contribution < -0.4 is 5.32 Å². The number of nitrogens with one attached hydrogen (secondary N) is 1. The highest BCUT2D eigenvalue weighted by Gasteiger charge is 2.14. The summed E-state index contributed by atoms with van der Waals surface area (Å²) in [7, 11) is 0. The number of rotatable bonds is 4. The predicted molar refractivity (Wildman–Crippen MR) is 107 cm³/mol. The first kappa shape index (κ1) is 16.7. The molecule has 0 aliphatic heterocycles. The molecule has 7 heteroatoms. The van der Waals surface area contributed by atoms with Gasteiger partial charge < -0.3 is 10.4 Å². The maximum absolute atomic E-state index is 11.2. The number of fused-ring (bicyclic) bond motifs is 1. The number of thiophene rings is 1. The third kappa shape index (κ3) is 3.18. The van der Waals surface area contributed by atoms with E-state index in [1.807, 2.05) is 30.3 Å². The minimum Gasteiger partial charge on any atom is -0.478 e. The van der Waals surface area contributed by atoms with Gasteiger partial charge in [-0.1, -0.05) is 34.1 Å². The Morgan fingerprint density at radius 1 is 1.12 bits per heavy atom. The number of carbonyl (C=O) groups is 1. The molecule has 4 aromatic rings. The fourth-order valence-electron chi connectivity index (χ4n) is 2.68. The molecular formula is C19H12BrN3O2S. The molecule has 2 N–H and O–H groups in total. The van der Waals surface area contributed by atoms with Crippen molar-refractivity contribution in [3.05, 3.63) is 70.3 Å². The summed E-state index contributed by atoms with van der Waals surface area (Å²) >= 11 is 5.00. The van der Waals surface area contributed by atoms with E-state index in [-0.39, 0.29) is 5.56 Å². The summed E-state index contributed by atoms with van der Waals surface area (Å²) in [5.74, 6) is -0.315. The second kappa shape index (κ2) is 6.86. The summed E-state index contributed by atoms with van der Waals surface area (Å²) in [5, 5.41) is 15.4. The number of aromatic nitrogens is 2. The molecule has 2 heterocycles. The maximum atomic E-state index is 11.2. The topological polar surface area (TPSA) is 75.1 Å². The molecule has 0 radical (unpaired) electrons. The van der Waals surface area contributed by atoms with E-state index in [2.05, 4.69) is 36.6 Å². The van der Waals surface area contributed by atoms with Gasteiger partial charge in [0.15, 0.2) is 0 Å². The van der Waals surface area contributed by atoms with Crippen LogP contribution in [0.2, 0.25) is 0 Å². The van der Waals surface area contributed by atoms with Crippen molar-refractivity contribution in [2.45, 2.75) is 0 Å². The van der Waals surface area contributed by atoms with Crippen molar-refractivity contribution in [3.8, 4) is 11.1 Å². The van der Waals surface area contributed by atoms with Crippen LogP contribution >= 0.6 is 27.3 Å². The normalized spacial score (nSPS) is 10.8. The molecule has 0 aliphatic carbocycles. The van der Waals surface area contributed by atoms with E-state index < -0.39 is 5.97 Å². The fourth-order valence-corrected chi connectivity index (χ4v) is 3.86. The Bertz CT molecular complexity index is 1110. The molecule has 2 aromatic carbocycles. The molecule has 0 amide bonds. The Morgan fingerprint density at radius 2 is 1.92 bits per heavy atom. The monoisotopic (exact) mass is 425 g/mol. The minimum atomic E-state index is -0.965. The first-order valence-electron chi connectivity index (χ1n) is 7.70. The smallest absolute Gasteiger partial charge is 0.335 e. The van der Waals surface area contributed by atoms with Crippen LogP contribution in [0.25, 0.3) is 21.3 Å². The van der Waals surface area contributed by atoms with Crippen LogP contribution in [0.3, 0.4) is 0 Å². The van der Waals surface area contributed by atoms with Gasteiger partial charge in [0, 0.05) is 21.1 Å². The Morgan fingerprint density at radius 3 is 2.69 bits per heavy atom. The summed E-state index contributed by atoms with van der Waals surface area (Å²) in [6.45, 7) is 0. The zero-order valence-electron chi connectivity index (χ0n) is 13.3. The number of hydrogen-bond donors (Lipinski definition) is 2. The number of anilines is 2. The van der Waals surface area contributed by atoms with Crippen molar-refractivity contribution in [2.75, 3.05) is 5.32 Å². The van der Waals surface area contributed by atoms with E-state index in [0.29, 0.717) is 11.5 Å². The van der Waals surface area contributed by atoms with Crippen LogP contribution in [0.5, 0.6) is 0 Å². The molecule has 0 aliphatic rings. The fraction of sp³-hybridized carbons (Fsp3) is 0. The number of carboxylic acids is 1. The average Bonchev–Trinajstić information content (AvgIpc) is 3.08. The Hall–Kier alpha value is -2.77. The van der Waals surface area contributed by atoms with Gasteiger partial charge in [0.2, 0.25) is 0 Å². The van der Waals surface area contributed by atoms with Crippen LogP contribution in [0.15, 0.2) is 64.7 Å². The number of hydrogen-bond acceptors (Lipinski definition) is 5. The summed E-state index contributed by atoms with van der Waals surface area (Å²) in [6, 6.07) is 14.7. The Balaban J connectivity index is 1.80. The highest BCUT2D eigenvalue weighted by Crippen LogP contribution is 2.37. The zero-order chi connectivity index (χ0) is 18.1. The first-order valence-corrected chi connectivity index (χ1v) is 9.37. The van der Waals surface area contributed by atoms with Gasteiger partial charge in [-0.05, 0) is 35.9 Å². The number of nitrogens with zero attached hydrogens (tertiary/aromatic N) is 2. The molecule has 0 fully saturated rings. The molecule has 4 rings (SSSR count). The van der Waals surface area contributed by atoms with Crippen molar-refractivity contribution in [1.29, 1.82) is 0 Å². The lowest BCUT2D eigenvalue weighted by atomic mass is 10.1. The van der Waals surface area contributed by atoms with Crippen molar-refractivity contribution >= 4 is 55.0 Å². The largest absolute Gasteiger partial charge is 0.478 e. The quantitative estimate of drug-likeness (QED) is 0.447. The molecule has 0 spiro atoms. The number of aromatic carboxylic acids is 1. The lowest BCUT2D eigenvalue weighted by Crippen LogP contribution is -1.99. The van der Waals surface area contributed by atoms with Gasteiger partial charge in [-0.2, -0.15) is 0 Å². The summed E-state index contributed by atoms with van der Waals surface area (Å²) in [6.07, 6.45) is 1.51. The van der Waals surface area contributed by atoms with E-state index >= 15 is 0 Å². The number of halogens is 1. The molecule has 0 saturated heterocycles. The van der Waals surface area contributed by atoms with Gasteiger partial charge in [-0.15, -0.1) is 11.3 Å². The number of benzene rings is 2. The van der Waals surface area contributed by atoms with Gasteiger partial charge >= 0.3 is 5.97 Å². The molecule has 26 heavy (non-hydrogen) atoms. The van der Waals surface area contributed by atoms with Crippen LogP contribution in [-0.4, -0.2) is 21.0 Å². The van der Waals surface area contributed by atoms with E-state index in [0.717, 1.165) is 25.8 Å². The molecule has 128 valence electrons. The van der Waals surface area contributed by atoms with Gasteiger partial charge in [-0.3, -0.25) is 0 Å². The zero-order valence-corrected chi connectivity index (χ0v) is 15.7. The molecular weight excluding hydrogens is 414 g/mol. The van der Waals surface area contributed by atoms with E-state index in [9.17, 15) is 9.90 Å². The van der Waals surface area contributed by atoms with E-state index in [4.69, 9.17) is 0 Å². The summed E-state index contributed by atoms with van der Waals surface area (Å²) in [4.78, 5) is 20.8. The highest BCUT2D eigenvalue weighted by atomic mass is 79.9. The lowest BCUT2D eigenvalue weighted by Gasteiger charge is -2.09. The minimum absolute atomic E-state index is 0.221. The molecule has 0 atom stereocenters. The first-order chi connectivity index (χ1) is 12.6. The Labute approximate surface area is 161 Å². The van der Waals surface area contributed by atoms with Crippen LogP contribution in [0.1, 0.15) is 10.4 Å². The maximum Gasteiger partial charge on any atom is 0.335 e. The van der Waals surface area contributed by atoms with Crippen LogP contribution in [-0.2, 0) is 0 Å². The third-order valence-corrected chi connectivity index (χ3v) is 5.31. The highest BCUT2D eigenvalue weighted by molar-refractivity contribution is 9.10. The summed E-state index contributed by atoms with van der Waals surface area (Å²) < 4.78 is 1.01. The number of carboxylic acid groups (broad SMARTS) is 1. The second-order valence-electron chi connectivity index (χ2n) is 5.57. The van der Waals surface area contributed by atoms with Crippen molar-refractivity contribution in [3.63, 3.8) is 0 Å². The lowest BCUT2D eigenvalue weighted by molar-refractivity contribution is 0.0697. The third-order valence-electron chi connectivity index (χ3n) is 3.90. The van der Waals surface area contributed by atoms with Crippen LogP contribution in [0.4, 0.5) is 11.5 Å². The molecule has 0 bridgehead atoms. The summed E-state index contributed by atoms with van der Waals surface area (Å²) in [5.41, 5.74) is 2.99. The molecule has 0 unspecified atom stereocenters. The van der Waals surface area contributed by atoms with Gasteiger partial charge in [-0.25, -0.2) is 14.8 Å². The molecule has 0 saturated carbocycles. The van der Waals surface area contributed by atoms with Crippen molar-refractivity contribution in [1.82, 2.24) is 9.97 Å². The molecule has 5 nitrogen and oxygen atoms in total. The van der Waals surface area contributed by atoms with E-state index in [1.54, 1.807) is 29.5 Å². The average molecular weight is 426 g/mol. The SMILES string of the molecule is O=C(O)c1cccc(Nc2ncnc3scc(-c4ccc(Br)cc4)c23)c1. The van der Waals surface area contributed by atoms with E-state index in [1.165, 1.54) is 6.33 Å². The van der Waals surface area contributed by atoms with Crippen molar-refractivity contribution < 1.29 is 9.90 Å².